The molecular weight excluding hydrogens is 172 g/mol. The molecule has 0 saturated heterocycles. The number of carbonyl (C=O) groups excluding carboxylic acids is 1. The lowest BCUT2D eigenvalue weighted by molar-refractivity contribution is -0.384. The average molecular weight is 182 g/mol. The Morgan fingerprint density at radius 3 is 2.00 bits per heavy atom. The van der Waals surface area contributed by atoms with E-state index in [1.165, 1.54) is 19.1 Å². The van der Waals surface area contributed by atoms with Gasteiger partial charge in [-0.25, -0.2) is 0 Å². The van der Waals surface area contributed by atoms with E-state index in [-0.39, 0.29) is 11.6 Å². The lowest BCUT2D eigenvalue weighted by Gasteiger charge is -1.85. The van der Waals surface area contributed by atoms with E-state index in [1.54, 1.807) is 18.2 Å². The molecule has 0 heterocycles. The number of para-hydroxylation sites is 1. The van der Waals surface area contributed by atoms with E-state index in [0.29, 0.717) is 0 Å². The molecule has 0 radical (unpaired) electrons. The monoisotopic (exact) mass is 182 g/mol. The second-order valence-electron chi connectivity index (χ2n) is 2.20. The van der Waals surface area contributed by atoms with Gasteiger partial charge in [-0.3, -0.25) is 14.9 Å². The van der Waals surface area contributed by atoms with Crippen molar-refractivity contribution < 1.29 is 9.72 Å². The number of hydrogen-bond acceptors (Lipinski definition) is 3. The fraction of sp³-hybridized carbons (Fsp3) is 0.125. The van der Waals surface area contributed by atoms with Gasteiger partial charge in [0.1, 0.15) is 0 Å². The van der Waals surface area contributed by atoms with Gasteiger partial charge in [0, 0.05) is 19.1 Å². The third kappa shape index (κ3) is 6.49. The second-order valence-corrected chi connectivity index (χ2v) is 2.20. The number of hydrogen-bond donors (Lipinski definition) is 1. The first-order valence-electron chi connectivity index (χ1n) is 3.49. The van der Waals surface area contributed by atoms with E-state index in [0.717, 1.165) is 0 Å². The minimum atomic E-state index is -0.417. The molecule has 0 saturated carbocycles. The summed E-state index contributed by atoms with van der Waals surface area (Å²) in [6.45, 7) is 1.31. The maximum atomic E-state index is 10.0. The summed E-state index contributed by atoms with van der Waals surface area (Å²) in [5.41, 5.74) is 4.61. The van der Waals surface area contributed by atoms with Gasteiger partial charge in [-0.2, -0.15) is 0 Å². The minimum Gasteiger partial charge on any atom is -0.370 e. The molecule has 1 rings (SSSR count). The number of amides is 1. The highest BCUT2D eigenvalue weighted by Crippen LogP contribution is 2.06. The van der Waals surface area contributed by atoms with Gasteiger partial charge in [-0.1, -0.05) is 18.2 Å². The van der Waals surface area contributed by atoms with E-state index in [1.807, 2.05) is 0 Å². The molecule has 5 heteroatoms. The van der Waals surface area contributed by atoms with Crippen LogP contribution in [0.3, 0.4) is 0 Å². The van der Waals surface area contributed by atoms with Crippen molar-refractivity contribution >= 4 is 11.6 Å². The number of primary amides is 1. The highest BCUT2D eigenvalue weighted by atomic mass is 16.6. The molecule has 0 atom stereocenters. The molecule has 0 aliphatic rings. The summed E-state index contributed by atoms with van der Waals surface area (Å²) in [5, 5.41) is 10.0. The Kier molecular flexibility index (Phi) is 4.87. The first-order valence-corrected chi connectivity index (χ1v) is 3.49. The molecule has 0 spiro atoms. The van der Waals surface area contributed by atoms with Crippen molar-refractivity contribution in [1.29, 1.82) is 0 Å². The summed E-state index contributed by atoms with van der Waals surface area (Å²) in [4.78, 5) is 18.8. The van der Waals surface area contributed by atoms with Gasteiger partial charge < -0.3 is 5.73 Å². The molecular formula is C8H10N2O3. The van der Waals surface area contributed by atoms with Crippen LogP contribution in [0.4, 0.5) is 5.69 Å². The fourth-order valence-electron chi connectivity index (χ4n) is 0.550. The lowest BCUT2D eigenvalue weighted by Crippen LogP contribution is -2.01. The maximum absolute atomic E-state index is 10.0. The third-order valence-electron chi connectivity index (χ3n) is 0.967. The van der Waals surface area contributed by atoms with Crippen LogP contribution in [0.5, 0.6) is 0 Å². The summed E-state index contributed by atoms with van der Waals surface area (Å²) in [6.07, 6.45) is 0. The van der Waals surface area contributed by atoms with Crippen LogP contribution >= 0.6 is 0 Å². The zero-order chi connectivity index (χ0) is 10.3. The smallest absolute Gasteiger partial charge is 0.269 e. The molecule has 1 amide bonds. The van der Waals surface area contributed by atoms with Gasteiger partial charge >= 0.3 is 0 Å². The number of benzene rings is 1. The van der Waals surface area contributed by atoms with Crippen molar-refractivity contribution in [3.8, 4) is 0 Å². The number of nitrogens with two attached hydrogens (primary N) is 1. The topological polar surface area (TPSA) is 86.2 Å². The van der Waals surface area contributed by atoms with Crippen LogP contribution in [0.25, 0.3) is 0 Å². The second kappa shape index (κ2) is 5.70. The van der Waals surface area contributed by atoms with Crippen LogP contribution in [0.15, 0.2) is 30.3 Å². The predicted molar refractivity (Wildman–Crippen MR) is 48.0 cm³/mol. The predicted octanol–water partition coefficient (Wildman–Crippen LogP) is 1.09. The van der Waals surface area contributed by atoms with Crippen molar-refractivity contribution in [2.24, 2.45) is 5.73 Å². The summed E-state index contributed by atoms with van der Waals surface area (Å²) in [6, 6.07) is 7.93. The first kappa shape index (κ1) is 11.1. The van der Waals surface area contributed by atoms with Gasteiger partial charge in [0.15, 0.2) is 0 Å². The molecule has 2 N–H and O–H groups in total. The van der Waals surface area contributed by atoms with E-state index in [4.69, 9.17) is 0 Å². The molecule has 0 bridgehead atoms. The largest absolute Gasteiger partial charge is 0.370 e. The zero-order valence-corrected chi connectivity index (χ0v) is 7.14. The number of rotatable bonds is 1. The third-order valence-corrected chi connectivity index (χ3v) is 0.967. The van der Waals surface area contributed by atoms with Crippen molar-refractivity contribution in [3.63, 3.8) is 0 Å². The van der Waals surface area contributed by atoms with Gasteiger partial charge in [-0.05, 0) is 0 Å². The van der Waals surface area contributed by atoms with Gasteiger partial charge in [0.2, 0.25) is 5.91 Å². The number of carbonyl (C=O) groups is 1. The van der Waals surface area contributed by atoms with Crippen LogP contribution in [0.2, 0.25) is 0 Å². The minimum absolute atomic E-state index is 0.137. The van der Waals surface area contributed by atoms with Crippen LogP contribution in [0.1, 0.15) is 6.92 Å². The van der Waals surface area contributed by atoms with Crippen LogP contribution in [-0.4, -0.2) is 10.8 Å². The number of nitrogens with zero attached hydrogens (tertiary/aromatic N) is 1. The Hall–Kier alpha value is -1.91. The van der Waals surface area contributed by atoms with E-state index in [2.05, 4.69) is 5.73 Å². The van der Waals surface area contributed by atoms with Gasteiger partial charge in [0.25, 0.3) is 5.69 Å². The Balaban J connectivity index is 0.000000310. The molecule has 70 valence electrons. The SMILES string of the molecule is CC(N)=O.O=[N+]([O-])c1ccccc1. The molecule has 0 aromatic heterocycles. The molecule has 5 nitrogen and oxygen atoms in total. The Morgan fingerprint density at radius 2 is 1.77 bits per heavy atom. The number of nitro groups is 1. The Bertz CT molecular complexity index is 281. The molecule has 0 unspecified atom stereocenters. The van der Waals surface area contributed by atoms with E-state index in [9.17, 15) is 14.9 Å². The van der Waals surface area contributed by atoms with Gasteiger partial charge in [-0.15, -0.1) is 0 Å². The molecule has 1 aromatic carbocycles. The quantitative estimate of drug-likeness (QED) is 0.520. The normalized spacial score (nSPS) is 8.08. The highest BCUT2D eigenvalue weighted by Gasteiger charge is 1.98. The maximum Gasteiger partial charge on any atom is 0.269 e. The summed E-state index contributed by atoms with van der Waals surface area (Å²) < 4.78 is 0. The standard InChI is InChI=1S/C6H5NO2.C2H5NO/c8-7(9)6-4-2-1-3-5-6;1-2(3)4/h1-5H;1H3,(H2,3,4). The molecule has 0 fully saturated rings. The van der Waals surface area contributed by atoms with E-state index < -0.39 is 4.92 Å². The molecule has 0 aliphatic heterocycles. The first-order chi connectivity index (χ1) is 6.04. The molecule has 13 heavy (non-hydrogen) atoms. The number of non-ortho nitro benzene ring substituents is 1. The summed E-state index contributed by atoms with van der Waals surface area (Å²) in [5.74, 6) is -0.333. The van der Waals surface area contributed by atoms with Crippen LogP contribution in [0, 0.1) is 10.1 Å². The fourth-order valence-corrected chi connectivity index (χ4v) is 0.550. The average Bonchev–Trinajstić information content (AvgIpc) is 2.05. The van der Waals surface area contributed by atoms with E-state index >= 15 is 0 Å². The van der Waals surface area contributed by atoms with Crippen LogP contribution in [-0.2, 0) is 4.79 Å². The Labute approximate surface area is 75.3 Å². The summed E-state index contributed by atoms with van der Waals surface area (Å²) >= 11 is 0. The van der Waals surface area contributed by atoms with Crippen molar-refractivity contribution in [3.05, 3.63) is 40.4 Å². The molecule has 1 aromatic rings. The molecule has 0 aliphatic carbocycles. The van der Waals surface area contributed by atoms with Crippen LogP contribution < -0.4 is 5.73 Å². The summed E-state index contributed by atoms with van der Waals surface area (Å²) in [7, 11) is 0. The van der Waals surface area contributed by atoms with Crippen molar-refractivity contribution in [1.82, 2.24) is 0 Å². The lowest BCUT2D eigenvalue weighted by atomic mass is 10.3. The zero-order valence-electron chi connectivity index (χ0n) is 7.14. The van der Waals surface area contributed by atoms with Gasteiger partial charge in [0.05, 0.1) is 4.92 Å². The highest BCUT2D eigenvalue weighted by molar-refractivity contribution is 5.70. The van der Waals surface area contributed by atoms with Crippen molar-refractivity contribution in [2.75, 3.05) is 0 Å². The van der Waals surface area contributed by atoms with Crippen molar-refractivity contribution in [2.45, 2.75) is 6.92 Å². The Morgan fingerprint density at radius 1 is 1.38 bits per heavy atom. The number of nitro benzene ring substituents is 1.